The molecule has 2 aromatic carbocycles. The van der Waals surface area contributed by atoms with Crippen molar-refractivity contribution in [1.82, 2.24) is 0 Å². The first-order valence-electron chi connectivity index (χ1n) is 5.81. The van der Waals surface area contributed by atoms with Crippen molar-refractivity contribution in [2.75, 3.05) is 5.32 Å². The summed E-state index contributed by atoms with van der Waals surface area (Å²) in [5.41, 5.74) is 2.76. The molecule has 0 aliphatic carbocycles. The fraction of sp³-hybridized carbons (Fsp3) is 0.133. The van der Waals surface area contributed by atoms with E-state index in [9.17, 15) is 4.79 Å². The minimum Gasteiger partial charge on any atom is -0.481 e. The molecular weight excluding hydrogens is 226 g/mol. The van der Waals surface area contributed by atoms with E-state index in [1.54, 1.807) is 6.92 Å². The minimum atomic E-state index is -0.807. The van der Waals surface area contributed by atoms with Crippen molar-refractivity contribution in [3.8, 4) is 0 Å². The Morgan fingerprint density at radius 3 is 2.11 bits per heavy atom. The maximum absolute atomic E-state index is 10.9. The molecule has 92 valence electrons. The molecule has 2 aromatic rings. The summed E-state index contributed by atoms with van der Waals surface area (Å²) in [4.78, 5) is 10.9. The van der Waals surface area contributed by atoms with Crippen LogP contribution in [0.4, 0.5) is 11.4 Å². The number of carbonyl (C=O) groups is 1. The fourth-order valence-electron chi connectivity index (χ4n) is 1.69. The second-order valence-electron chi connectivity index (χ2n) is 4.17. The summed E-state index contributed by atoms with van der Waals surface area (Å²) in [6.07, 6.45) is 0. The zero-order valence-corrected chi connectivity index (χ0v) is 10.1. The van der Waals surface area contributed by atoms with Crippen LogP contribution in [-0.4, -0.2) is 11.1 Å². The van der Waals surface area contributed by atoms with Gasteiger partial charge in [0.25, 0.3) is 0 Å². The molecule has 0 aliphatic rings. The van der Waals surface area contributed by atoms with Gasteiger partial charge in [0.1, 0.15) is 0 Å². The monoisotopic (exact) mass is 241 g/mol. The number of hydrogen-bond acceptors (Lipinski definition) is 2. The van der Waals surface area contributed by atoms with Gasteiger partial charge < -0.3 is 10.4 Å². The van der Waals surface area contributed by atoms with Crippen LogP contribution >= 0.6 is 0 Å². The summed E-state index contributed by atoms with van der Waals surface area (Å²) >= 11 is 0. The molecule has 2 N–H and O–H groups in total. The van der Waals surface area contributed by atoms with Crippen LogP contribution in [0.5, 0.6) is 0 Å². The van der Waals surface area contributed by atoms with E-state index in [4.69, 9.17) is 5.11 Å². The van der Waals surface area contributed by atoms with E-state index in [2.05, 4.69) is 5.32 Å². The van der Waals surface area contributed by atoms with E-state index in [0.29, 0.717) is 0 Å². The Hall–Kier alpha value is -2.29. The molecule has 0 saturated carbocycles. The molecule has 3 nitrogen and oxygen atoms in total. The first-order valence-corrected chi connectivity index (χ1v) is 5.81. The van der Waals surface area contributed by atoms with Gasteiger partial charge in [0.15, 0.2) is 0 Å². The van der Waals surface area contributed by atoms with E-state index < -0.39 is 11.9 Å². The van der Waals surface area contributed by atoms with Crippen LogP contribution in [0.3, 0.4) is 0 Å². The molecule has 1 atom stereocenters. The third-order valence-electron chi connectivity index (χ3n) is 2.84. The Labute approximate surface area is 106 Å². The summed E-state index contributed by atoms with van der Waals surface area (Å²) in [6, 6.07) is 17.3. The molecule has 0 saturated heterocycles. The van der Waals surface area contributed by atoms with Gasteiger partial charge in [0.05, 0.1) is 5.92 Å². The summed E-state index contributed by atoms with van der Waals surface area (Å²) < 4.78 is 0. The van der Waals surface area contributed by atoms with Gasteiger partial charge in [-0.25, -0.2) is 0 Å². The molecule has 0 spiro atoms. The van der Waals surface area contributed by atoms with Gasteiger partial charge in [-0.3, -0.25) is 4.79 Å². The van der Waals surface area contributed by atoms with Crippen molar-refractivity contribution >= 4 is 17.3 Å². The third kappa shape index (κ3) is 2.88. The molecule has 2 rings (SSSR count). The topological polar surface area (TPSA) is 49.3 Å². The van der Waals surface area contributed by atoms with Crippen LogP contribution in [-0.2, 0) is 4.79 Å². The zero-order valence-electron chi connectivity index (χ0n) is 10.1. The molecule has 3 heteroatoms. The number of nitrogens with one attached hydrogen (secondary N) is 1. The van der Waals surface area contributed by atoms with Crippen LogP contribution in [0.1, 0.15) is 18.4 Å². The highest BCUT2D eigenvalue weighted by molar-refractivity contribution is 5.75. The van der Waals surface area contributed by atoms with Gasteiger partial charge in [-0.2, -0.15) is 0 Å². The predicted octanol–water partition coefficient (Wildman–Crippen LogP) is 3.62. The number of rotatable bonds is 4. The molecule has 0 heterocycles. The fourth-order valence-corrected chi connectivity index (χ4v) is 1.69. The lowest BCUT2D eigenvalue weighted by Gasteiger charge is -2.09. The van der Waals surface area contributed by atoms with Gasteiger partial charge >= 0.3 is 5.97 Å². The average Bonchev–Trinajstić information content (AvgIpc) is 2.40. The zero-order chi connectivity index (χ0) is 13.0. The Morgan fingerprint density at radius 1 is 1.00 bits per heavy atom. The largest absolute Gasteiger partial charge is 0.481 e. The van der Waals surface area contributed by atoms with Gasteiger partial charge in [0.2, 0.25) is 0 Å². The van der Waals surface area contributed by atoms with Gasteiger partial charge in [0, 0.05) is 11.4 Å². The van der Waals surface area contributed by atoms with Gasteiger partial charge in [-0.1, -0.05) is 30.3 Å². The molecule has 0 amide bonds. The second kappa shape index (κ2) is 5.36. The maximum atomic E-state index is 10.9. The lowest BCUT2D eigenvalue weighted by atomic mass is 10.0. The number of para-hydroxylation sites is 1. The first kappa shape index (κ1) is 12.2. The summed E-state index contributed by atoms with van der Waals surface area (Å²) in [5.74, 6) is -1.28. The summed E-state index contributed by atoms with van der Waals surface area (Å²) in [6.45, 7) is 1.68. The Kier molecular flexibility index (Phi) is 3.63. The number of anilines is 2. The highest BCUT2D eigenvalue weighted by Crippen LogP contribution is 2.20. The number of benzene rings is 2. The van der Waals surface area contributed by atoms with Crippen molar-refractivity contribution in [3.63, 3.8) is 0 Å². The molecule has 1 unspecified atom stereocenters. The summed E-state index contributed by atoms with van der Waals surface area (Å²) in [7, 11) is 0. The number of hydrogen-bond donors (Lipinski definition) is 2. The normalized spacial score (nSPS) is 11.8. The molecule has 0 aromatic heterocycles. The Bertz CT molecular complexity index is 520. The molecule has 0 bridgehead atoms. The van der Waals surface area contributed by atoms with Gasteiger partial charge in [-0.15, -0.1) is 0 Å². The predicted molar refractivity (Wildman–Crippen MR) is 72.2 cm³/mol. The van der Waals surface area contributed by atoms with E-state index in [-0.39, 0.29) is 0 Å². The Balaban J connectivity index is 2.11. The molecule has 0 aliphatic heterocycles. The van der Waals surface area contributed by atoms with Crippen molar-refractivity contribution < 1.29 is 9.90 Å². The summed E-state index contributed by atoms with van der Waals surface area (Å²) in [5, 5.41) is 12.2. The van der Waals surface area contributed by atoms with Gasteiger partial charge in [-0.05, 0) is 36.8 Å². The van der Waals surface area contributed by atoms with Crippen molar-refractivity contribution in [2.45, 2.75) is 12.8 Å². The quantitative estimate of drug-likeness (QED) is 0.859. The highest BCUT2D eigenvalue weighted by Gasteiger charge is 2.12. The SMILES string of the molecule is CC(C(=O)O)c1ccc(Nc2ccccc2)cc1. The molecule has 0 radical (unpaired) electrons. The molecule has 0 fully saturated rings. The standard InChI is InChI=1S/C15H15NO2/c1-11(15(17)18)12-7-9-14(10-8-12)16-13-5-3-2-4-6-13/h2-11,16H,1H3,(H,17,18). The molecule has 18 heavy (non-hydrogen) atoms. The van der Waals surface area contributed by atoms with E-state index in [1.807, 2.05) is 54.6 Å². The minimum absolute atomic E-state index is 0.476. The Morgan fingerprint density at radius 2 is 1.56 bits per heavy atom. The maximum Gasteiger partial charge on any atom is 0.310 e. The average molecular weight is 241 g/mol. The number of aliphatic carboxylic acids is 1. The van der Waals surface area contributed by atoms with E-state index in [1.165, 1.54) is 0 Å². The van der Waals surface area contributed by atoms with Crippen molar-refractivity contribution in [1.29, 1.82) is 0 Å². The van der Waals surface area contributed by atoms with Crippen molar-refractivity contribution in [3.05, 3.63) is 60.2 Å². The van der Waals surface area contributed by atoms with Crippen molar-refractivity contribution in [2.24, 2.45) is 0 Å². The van der Waals surface area contributed by atoms with Crippen LogP contribution in [0.25, 0.3) is 0 Å². The van der Waals surface area contributed by atoms with E-state index >= 15 is 0 Å². The van der Waals surface area contributed by atoms with Crippen LogP contribution in [0.15, 0.2) is 54.6 Å². The lowest BCUT2D eigenvalue weighted by Crippen LogP contribution is -2.07. The lowest BCUT2D eigenvalue weighted by molar-refractivity contribution is -0.138. The number of carboxylic acid groups (broad SMARTS) is 1. The van der Waals surface area contributed by atoms with E-state index in [0.717, 1.165) is 16.9 Å². The van der Waals surface area contributed by atoms with Crippen LogP contribution in [0.2, 0.25) is 0 Å². The smallest absolute Gasteiger partial charge is 0.310 e. The van der Waals surface area contributed by atoms with Crippen LogP contribution < -0.4 is 5.32 Å². The third-order valence-corrected chi connectivity index (χ3v) is 2.84. The first-order chi connectivity index (χ1) is 8.66. The molecular formula is C15H15NO2. The highest BCUT2D eigenvalue weighted by atomic mass is 16.4. The number of carboxylic acids is 1. The van der Waals surface area contributed by atoms with Crippen LogP contribution in [0, 0.1) is 0 Å². The second-order valence-corrected chi connectivity index (χ2v) is 4.17.